The summed E-state index contributed by atoms with van der Waals surface area (Å²) in [5, 5.41) is 30.5. The van der Waals surface area contributed by atoms with E-state index in [1.54, 1.807) is 20.8 Å². The number of halogens is 1. The Morgan fingerprint density at radius 1 is 0.921 bits per heavy atom. The molecule has 0 aromatic carbocycles. The van der Waals surface area contributed by atoms with Crippen molar-refractivity contribution in [1.82, 2.24) is 35.7 Å². The van der Waals surface area contributed by atoms with Crippen molar-refractivity contribution < 1.29 is 19.2 Å². The number of aromatic nitrogens is 6. The lowest BCUT2D eigenvalue weighted by molar-refractivity contribution is -0.112. The monoisotopic (exact) mass is 588 g/mol. The van der Waals surface area contributed by atoms with E-state index in [9.17, 15) is 19.2 Å². The van der Waals surface area contributed by atoms with Gasteiger partial charge in [-0.05, 0) is 36.7 Å². The summed E-state index contributed by atoms with van der Waals surface area (Å²) in [6.45, 7) is 8.44. The molecule has 0 unspecified atom stereocenters. The molecule has 200 valence electrons. The average molecular weight is 589 g/mol. The first-order valence-corrected chi connectivity index (χ1v) is 11.7. The Hall–Kier alpha value is -4.80. The average Bonchev–Trinajstić information content (AvgIpc) is 3.51. The minimum Gasteiger partial charge on any atom is -0.388 e. The second kappa shape index (κ2) is 11.5. The number of rotatable bonds is 10. The van der Waals surface area contributed by atoms with Gasteiger partial charge in [-0.25, -0.2) is 4.98 Å². The molecule has 0 aliphatic heterocycles. The molecule has 16 nitrogen and oxygen atoms in total. The maximum atomic E-state index is 12.8. The number of aromatic amines is 3. The van der Waals surface area contributed by atoms with Crippen molar-refractivity contribution in [2.24, 2.45) is 5.73 Å². The number of carbonyl (C=O) groups excluding carboxylic acids is 4. The number of nitrogens with two attached hydrogens (primary N) is 1. The molecule has 3 heterocycles. The van der Waals surface area contributed by atoms with E-state index < -0.39 is 23.6 Å². The highest BCUT2D eigenvalue weighted by molar-refractivity contribution is 9.12. The number of imidazole rings is 1. The second-order valence-corrected chi connectivity index (χ2v) is 8.96. The fourth-order valence-electron chi connectivity index (χ4n) is 3.08. The van der Waals surface area contributed by atoms with Gasteiger partial charge in [0.1, 0.15) is 11.4 Å². The van der Waals surface area contributed by atoms with Gasteiger partial charge in [0.2, 0.25) is 0 Å². The Balaban J connectivity index is 1.67. The molecule has 0 bridgehead atoms. The van der Waals surface area contributed by atoms with Gasteiger partial charge >= 0.3 is 0 Å². The van der Waals surface area contributed by atoms with Crippen LogP contribution in [-0.2, 0) is 4.79 Å². The van der Waals surface area contributed by atoms with E-state index in [-0.39, 0.29) is 57.9 Å². The molecule has 0 aliphatic carbocycles. The standard InChI is InChI=1S/C21H25BrN12O4/c1-7-12(19(36)25-6-5-11(23)24)31-33-14(7)28-20(37)13-8(2)15(34-32-13)29-21(38)17-26-10(4)16(27-17)30-18(35)9(3)22/h3,5-6H2,1-2,4H3,(H3,23,24)(H,25,36)(H,26,27)(H,30,35)(H2,28,31,33,37)(H2,29,32,34,38). The molecule has 10 N–H and O–H groups in total. The number of amides is 4. The molecule has 0 radical (unpaired) electrons. The lowest BCUT2D eigenvalue weighted by Gasteiger charge is -2.05. The number of hydrogen-bond donors (Lipinski definition) is 9. The molecule has 0 aliphatic rings. The number of carbonyl (C=O) groups is 4. The third kappa shape index (κ3) is 6.30. The summed E-state index contributed by atoms with van der Waals surface area (Å²) in [5.41, 5.74) is 6.63. The molecule has 38 heavy (non-hydrogen) atoms. The molecule has 17 heteroatoms. The van der Waals surface area contributed by atoms with Gasteiger partial charge in [0, 0.05) is 24.1 Å². The third-order valence-corrected chi connectivity index (χ3v) is 5.56. The highest BCUT2D eigenvalue weighted by Gasteiger charge is 2.23. The van der Waals surface area contributed by atoms with Crippen molar-refractivity contribution in [3.8, 4) is 0 Å². The number of H-pyrrole nitrogens is 3. The highest BCUT2D eigenvalue weighted by atomic mass is 79.9. The van der Waals surface area contributed by atoms with Gasteiger partial charge in [-0.3, -0.25) is 34.8 Å². The first-order chi connectivity index (χ1) is 17.9. The van der Waals surface area contributed by atoms with Gasteiger partial charge in [-0.15, -0.1) is 0 Å². The SMILES string of the molecule is C=C(Br)C(=O)Nc1nc(C(=O)Nc2n[nH]c(C(=O)Nc3n[nH]c(C(=O)NCCC(=N)N)c3C)c2C)[nH]c1C. The first kappa shape index (κ1) is 27.8. The fraction of sp³-hybridized carbons (Fsp3) is 0.238. The molecule has 3 rings (SSSR count). The number of aryl methyl sites for hydroxylation is 1. The van der Waals surface area contributed by atoms with Gasteiger partial charge in [0.15, 0.2) is 23.3 Å². The van der Waals surface area contributed by atoms with Gasteiger partial charge < -0.3 is 32.0 Å². The summed E-state index contributed by atoms with van der Waals surface area (Å²) in [6, 6.07) is 0. The van der Waals surface area contributed by atoms with E-state index in [0.29, 0.717) is 16.8 Å². The Morgan fingerprint density at radius 2 is 1.47 bits per heavy atom. The summed E-state index contributed by atoms with van der Waals surface area (Å²) in [5.74, 6) is -2.03. The van der Waals surface area contributed by atoms with Gasteiger partial charge in [0.05, 0.1) is 16.0 Å². The predicted molar refractivity (Wildman–Crippen MR) is 141 cm³/mol. The van der Waals surface area contributed by atoms with Crippen LogP contribution >= 0.6 is 15.9 Å². The van der Waals surface area contributed by atoms with Crippen LogP contribution in [0.25, 0.3) is 0 Å². The molecular formula is C21H25BrN12O4. The van der Waals surface area contributed by atoms with E-state index in [4.69, 9.17) is 11.1 Å². The molecule has 3 aromatic heterocycles. The predicted octanol–water partition coefficient (Wildman–Crippen LogP) is 1.19. The minimum absolute atomic E-state index is 0.0505. The van der Waals surface area contributed by atoms with Crippen molar-refractivity contribution in [3.63, 3.8) is 0 Å². The van der Waals surface area contributed by atoms with Crippen LogP contribution in [0.2, 0.25) is 0 Å². The first-order valence-electron chi connectivity index (χ1n) is 10.9. The van der Waals surface area contributed by atoms with Crippen LogP contribution in [-0.4, -0.2) is 66.4 Å². The van der Waals surface area contributed by atoms with Crippen LogP contribution in [0.3, 0.4) is 0 Å². The quantitative estimate of drug-likeness (QED) is 0.0941. The van der Waals surface area contributed by atoms with Crippen molar-refractivity contribution in [3.05, 3.63) is 45.1 Å². The Bertz CT molecular complexity index is 1450. The van der Waals surface area contributed by atoms with Gasteiger partial charge in [-0.2, -0.15) is 10.2 Å². The van der Waals surface area contributed by atoms with Crippen molar-refractivity contribution >= 4 is 62.8 Å². The Kier molecular flexibility index (Phi) is 8.41. The van der Waals surface area contributed by atoms with E-state index in [1.165, 1.54) is 0 Å². The van der Waals surface area contributed by atoms with Crippen LogP contribution < -0.4 is 27.0 Å². The summed E-state index contributed by atoms with van der Waals surface area (Å²) >= 11 is 2.97. The molecule has 3 aromatic rings. The zero-order valence-corrected chi connectivity index (χ0v) is 22.1. The van der Waals surface area contributed by atoms with Crippen molar-refractivity contribution in [2.75, 3.05) is 22.5 Å². The number of nitrogens with one attached hydrogen (secondary N) is 8. The van der Waals surface area contributed by atoms with E-state index in [1.807, 2.05) is 0 Å². The van der Waals surface area contributed by atoms with Crippen molar-refractivity contribution in [1.29, 1.82) is 5.41 Å². The maximum absolute atomic E-state index is 12.8. The minimum atomic E-state index is -0.656. The smallest absolute Gasteiger partial charge is 0.292 e. The summed E-state index contributed by atoms with van der Waals surface area (Å²) in [6.07, 6.45) is 0.199. The molecule has 0 saturated carbocycles. The maximum Gasteiger partial charge on any atom is 0.292 e. The van der Waals surface area contributed by atoms with E-state index in [2.05, 4.69) is 74.1 Å². The highest BCUT2D eigenvalue weighted by Crippen LogP contribution is 2.20. The van der Waals surface area contributed by atoms with Crippen LogP contribution in [0, 0.1) is 26.2 Å². The fourth-order valence-corrected chi connectivity index (χ4v) is 3.18. The third-order valence-electron chi connectivity index (χ3n) is 5.20. The van der Waals surface area contributed by atoms with E-state index >= 15 is 0 Å². The van der Waals surface area contributed by atoms with Crippen molar-refractivity contribution in [2.45, 2.75) is 27.2 Å². The molecule has 4 amide bonds. The largest absolute Gasteiger partial charge is 0.388 e. The normalized spacial score (nSPS) is 10.5. The molecule has 0 spiro atoms. The number of nitrogens with zero attached hydrogens (tertiary/aromatic N) is 3. The van der Waals surface area contributed by atoms with Gasteiger partial charge in [-0.1, -0.05) is 6.58 Å². The van der Waals surface area contributed by atoms with Crippen LogP contribution in [0.1, 0.15) is 54.8 Å². The lowest BCUT2D eigenvalue weighted by Crippen LogP contribution is -2.28. The van der Waals surface area contributed by atoms with Crippen LogP contribution in [0.4, 0.5) is 17.5 Å². The summed E-state index contributed by atoms with van der Waals surface area (Å²) in [4.78, 5) is 56.4. The Morgan fingerprint density at radius 3 is 2.03 bits per heavy atom. The van der Waals surface area contributed by atoms with E-state index in [0.717, 1.165) is 0 Å². The second-order valence-electron chi connectivity index (χ2n) is 8.00. The summed E-state index contributed by atoms with van der Waals surface area (Å²) < 4.78 is 0.0954. The van der Waals surface area contributed by atoms with Gasteiger partial charge in [0.25, 0.3) is 23.6 Å². The molecule has 0 fully saturated rings. The zero-order chi connectivity index (χ0) is 28.1. The topological polar surface area (TPSA) is 252 Å². The molecular weight excluding hydrogens is 564 g/mol. The van der Waals surface area contributed by atoms with Crippen LogP contribution in [0.15, 0.2) is 11.1 Å². The van der Waals surface area contributed by atoms with Crippen LogP contribution in [0.5, 0.6) is 0 Å². The molecule has 0 atom stereocenters. The number of anilines is 3. The zero-order valence-electron chi connectivity index (χ0n) is 20.6. The number of hydrogen-bond acceptors (Lipinski definition) is 8. The molecule has 0 saturated heterocycles. The Labute approximate surface area is 223 Å². The lowest BCUT2D eigenvalue weighted by atomic mass is 10.2. The summed E-state index contributed by atoms with van der Waals surface area (Å²) in [7, 11) is 0. The number of amidine groups is 1.